The van der Waals surface area contributed by atoms with Gasteiger partial charge in [-0.25, -0.2) is 0 Å². The van der Waals surface area contributed by atoms with E-state index in [9.17, 15) is 9.90 Å². The molecule has 4 atom stereocenters. The minimum absolute atomic E-state index is 0.189. The lowest BCUT2D eigenvalue weighted by atomic mass is 9.50. The Kier molecular flexibility index (Phi) is 4.29. The second-order valence-electron chi connectivity index (χ2n) is 8.48. The monoisotopic (exact) mass is 314 g/mol. The summed E-state index contributed by atoms with van der Waals surface area (Å²) in [7, 11) is 0. The first-order valence-corrected chi connectivity index (χ1v) is 9.17. The predicted octanol–water partition coefficient (Wildman–Crippen LogP) is 5.09. The van der Waals surface area contributed by atoms with Gasteiger partial charge >= 0.3 is 0 Å². The highest BCUT2D eigenvalue weighted by Crippen LogP contribution is 2.58. The Hall–Kier alpha value is -1.31. The van der Waals surface area contributed by atoms with Crippen molar-refractivity contribution in [3.05, 3.63) is 29.3 Å². The number of benzene rings is 1. The van der Waals surface area contributed by atoms with Crippen LogP contribution in [0.2, 0.25) is 0 Å². The molecule has 0 radical (unpaired) electrons. The predicted molar refractivity (Wildman–Crippen MR) is 93.6 cm³/mol. The number of aromatic hydroxyl groups is 1. The molecule has 1 N–H and O–H groups in total. The van der Waals surface area contributed by atoms with Crippen LogP contribution < -0.4 is 0 Å². The molecule has 2 aliphatic rings. The summed E-state index contributed by atoms with van der Waals surface area (Å²) in [5.41, 5.74) is 2.77. The molecule has 0 aliphatic heterocycles. The first-order chi connectivity index (χ1) is 10.8. The topological polar surface area (TPSA) is 37.3 Å². The van der Waals surface area contributed by atoms with Gasteiger partial charge in [0.15, 0.2) is 0 Å². The molecule has 2 aliphatic carbocycles. The first-order valence-electron chi connectivity index (χ1n) is 9.17. The Morgan fingerprint density at radius 1 is 1.35 bits per heavy atom. The van der Waals surface area contributed by atoms with E-state index in [0.29, 0.717) is 35.7 Å². The van der Waals surface area contributed by atoms with Crippen molar-refractivity contribution in [2.45, 2.75) is 65.7 Å². The van der Waals surface area contributed by atoms with Crippen LogP contribution in [0.15, 0.2) is 18.2 Å². The number of aryl methyl sites for hydroxylation is 1. The van der Waals surface area contributed by atoms with Gasteiger partial charge in [-0.3, -0.25) is 4.79 Å². The zero-order valence-corrected chi connectivity index (χ0v) is 14.9. The van der Waals surface area contributed by atoms with Crippen LogP contribution in [-0.4, -0.2) is 10.9 Å². The number of phenols is 1. The molecule has 0 heterocycles. The minimum atomic E-state index is 0.189. The van der Waals surface area contributed by atoms with E-state index in [2.05, 4.69) is 33.8 Å². The molecule has 0 amide bonds. The van der Waals surface area contributed by atoms with Crippen LogP contribution in [0.1, 0.15) is 70.4 Å². The molecule has 1 aromatic rings. The number of rotatable bonds is 3. The maximum atomic E-state index is 12.7. The molecule has 23 heavy (non-hydrogen) atoms. The van der Waals surface area contributed by atoms with E-state index in [1.807, 2.05) is 6.07 Å². The summed E-state index contributed by atoms with van der Waals surface area (Å²) in [6.45, 7) is 9.12. The van der Waals surface area contributed by atoms with Crippen molar-refractivity contribution in [3.8, 4) is 5.75 Å². The van der Waals surface area contributed by atoms with Crippen LogP contribution in [0.25, 0.3) is 0 Å². The van der Waals surface area contributed by atoms with Crippen molar-refractivity contribution in [2.24, 2.45) is 23.2 Å². The number of hydrogen-bond donors (Lipinski definition) is 1. The summed E-state index contributed by atoms with van der Waals surface area (Å²) in [6, 6.07) is 5.76. The summed E-state index contributed by atoms with van der Waals surface area (Å²) in [6.07, 6.45) is 5.19. The smallest absolute Gasteiger partial charge is 0.136 e. The lowest BCUT2D eigenvalue weighted by Gasteiger charge is -2.53. The lowest BCUT2D eigenvalue weighted by molar-refractivity contribution is -0.133. The fourth-order valence-corrected chi connectivity index (χ4v) is 5.14. The van der Waals surface area contributed by atoms with E-state index < -0.39 is 0 Å². The minimum Gasteiger partial charge on any atom is -0.508 e. The van der Waals surface area contributed by atoms with Gasteiger partial charge in [-0.05, 0) is 65.7 Å². The van der Waals surface area contributed by atoms with E-state index in [0.717, 1.165) is 19.3 Å². The second-order valence-corrected chi connectivity index (χ2v) is 8.48. The number of hydrogen-bond acceptors (Lipinski definition) is 2. The highest BCUT2D eigenvalue weighted by Gasteiger charge is 2.52. The van der Waals surface area contributed by atoms with E-state index in [-0.39, 0.29) is 11.3 Å². The van der Waals surface area contributed by atoms with Gasteiger partial charge in [-0.2, -0.15) is 0 Å². The third-order valence-electron chi connectivity index (χ3n) is 6.65. The van der Waals surface area contributed by atoms with Gasteiger partial charge in [0.2, 0.25) is 0 Å². The molecule has 0 aromatic heterocycles. The van der Waals surface area contributed by atoms with Crippen molar-refractivity contribution in [2.75, 3.05) is 0 Å². The largest absolute Gasteiger partial charge is 0.508 e. The van der Waals surface area contributed by atoms with Gasteiger partial charge in [0.25, 0.3) is 0 Å². The summed E-state index contributed by atoms with van der Waals surface area (Å²) >= 11 is 0. The Balaban J connectivity index is 1.98. The number of phenolic OH excluding ortho intramolecular Hbond substituents is 1. The number of ketones is 1. The number of Topliss-reactive ketones (excluding diaryl/α,β-unsaturated/α-hetero) is 1. The average Bonchev–Trinajstić information content (AvgIpc) is 2.48. The standard InChI is InChI=1S/C21H30O2/c1-13(2)5-8-18-14(3)20(23)12-19-17-7-6-16(22)11-15(17)9-10-21(18,19)4/h6-7,11,13-14,18-19,22H,5,8-10,12H2,1-4H3/t14?,18?,19-,21+/m1/s1. The third kappa shape index (κ3) is 2.81. The normalized spacial score (nSPS) is 33.4. The number of fused-ring (bicyclic) bond motifs is 3. The molecular weight excluding hydrogens is 284 g/mol. The Morgan fingerprint density at radius 2 is 2.09 bits per heavy atom. The number of carbonyl (C=O) groups is 1. The van der Waals surface area contributed by atoms with Crippen LogP contribution in [-0.2, 0) is 11.2 Å². The molecule has 126 valence electrons. The van der Waals surface area contributed by atoms with E-state index in [1.165, 1.54) is 17.5 Å². The summed E-state index contributed by atoms with van der Waals surface area (Å²) < 4.78 is 0. The van der Waals surface area contributed by atoms with Gasteiger partial charge in [0, 0.05) is 12.3 Å². The fraction of sp³-hybridized carbons (Fsp3) is 0.667. The average molecular weight is 314 g/mol. The van der Waals surface area contributed by atoms with Gasteiger partial charge in [-0.15, -0.1) is 0 Å². The molecular formula is C21H30O2. The van der Waals surface area contributed by atoms with Crippen molar-refractivity contribution in [1.29, 1.82) is 0 Å². The fourth-order valence-electron chi connectivity index (χ4n) is 5.14. The molecule has 1 saturated carbocycles. The maximum absolute atomic E-state index is 12.7. The summed E-state index contributed by atoms with van der Waals surface area (Å²) in [4.78, 5) is 12.7. The Morgan fingerprint density at radius 3 is 2.78 bits per heavy atom. The van der Waals surface area contributed by atoms with Crippen LogP contribution in [0, 0.1) is 23.2 Å². The molecule has 0 bridgehead atoms. The highest BCUT2D eigenvalue weighted by molar-refractivity contribution is 5.83. The zero-order valence-electron chi connectivity index (χ0n) is 14.9. The van der Waals surface area contributed by atoms with Crippen LogP contribution in [0.4, 0.5) is 0 Å². The molecule has 2 nitrogen and oxygen atoms in total. The van der Waals surface area contributed by atoms with Gasteiger partial charge in [0.05, 0.1) is 0 Å². The SMILES string of the molecule is CC(C)CCC1C(C)C(=O)C[C@@H]2c3ccc(O)cc3CC[C@@]12C. The first kappa shape index (κ1) is 16.5. The van der Waals surface area contributed by atoms with Crippen molar-refractivity contribution in [3.63, 3.8) is 0 Å². The van der Waals surface area contributed by atoms with Crippen LogP contribution in [0.5, 0.6) is 5.75 Å². The summed E-state index contributed by atoms with van der Waals surface area (Å²) in [5, 5.41) is 9.77. The zero-order chi connectivity index (χ0) is 16.8. The second kappa shape index (κ2) is 5.96. The molecule has 0 saturated heterocycles. The van der Waals surface area contributed by atoms with Crippen molar-refractivity contribution >= 4 is 5.78 Å². The van der Waals surface area contributed by atoms with Crippen LogP contribution in [0.3, 0.4) is 0 Å². The lowest BCUT2D eigenvalue weighted by Crippen LogP contribution is -2.48. The van der Waals surface area contributed by atoms with E-state index >= 15 is 0 Å². The molecule has 1 fully saturated rings. The highest BCUT2D eigenvalue weighted by atomic mass is 16.3. The van der Waals surface area contributed by atoms with Crippen molar-refractivity contribution < 1.29 is 9.90 Å². The van der Waals surface area contributed by atoms with Crippen molar-refractivity contribution in [1.82, 2.24) is 0 Å². The molecule has 3 rings (SSSR count). The Bertz CT molecular complexity index is 604. The third-order valence-corrected chi connectivity index (χ3v) is 6.65. The van der Waals surface area contributed by atoms with Gasteiger partial charge < -0.3 is 5.11 Å². The summed E-state index contributed by atoms with van der Waals surface area (Å²) in [5.74, 6) is 2.47. The van der Waals surface area contributed by atoms with E-state index in [1.54, 1.807) is 6.07 Å². The molecule has 1 aromatic carbocycles. The van der Waals surface area contributed by atoms with E-state index in [4.69, 9.17) is 0 Å². The number of carbonyl (C=O) groups excluding carboxylic acids is 1. The van der Waals surface area contributed by atoms with Gasteiger partial charge in [-0.1, -0.05) is 40.2 Å². The van der Waals surface area contributed by atoms with Gasteiger partial charge in [0.1, 0.15) is 11.5 Å². The Labute approximate surface area is 140 Å². The molecule has 2 unspecified atom stereocenters. The molecule has 2 heteroatoms. The van der Waals surface area contributed by atoms with Crippen LogP contribution >= 0.6 is 0 Å². The maximum Gasteiger partial charge on any atom is 0.136 e. The quantitative estimate of drug-likeness (QED) is 0.843. The molecule has 0 spiro atoms.